The van der Waals surface area contributed by atoms with E-state index in [-0.39, 0.29) is 53.4 Å². The number of alkyl halides is 2. The summed E-state index contributed by atoms with van der Waals surface area (Å²) in [4.78, 5) is 58.5. The fraction of sp³-hybridized carbons (Fsp3) is 0.321. The van der Waals surface area contributed by atoms with Crippen LogP contribution in [0.15, 0.2) is 46.5 Å². The molecule has 2 aromatic carbocycles. The average molecular weight is 582 g/mol. The highest BCUT2D eigenvalue weighted by molar-refractivity contribution is 6.22. The number of halogens is 3. The van der Waals surface area contributed by atoms with E-state index in [2.05, 4.69) is 5.16 Å². The number of carbonyl (C=O) groups excluding carboxylic acids is 2. The van der Waals surface area contributed by atoms with E-state index in [9.17, 15) is 33.1 Å². The van der Waals surface area contributed by atoms with Crippen LogP contribution in [0.25, 0.3) is 10.9 Å². The lowest BCUT2D eigenvalue weighted by atomic mass is 10.0. The number of aromatic nitrogens is 1. The van der Waals surface area contributed by atoms with Crippen molar-refractivity contribution in [2.45, 2.75) is 31.6 Å². The first kappa shape index (κ1) is 26.0. The highest BCUT2D eigenvalue weighted by Crippen LogP contribution is 2.46. The number of carboxylic acids is 1. The minimum atomic E-state index is -3.38. The van der Waals surface area contributed by atoms with Crippen molar-refractivity contribution in [3.05, 3.63) is 69.3 Å². The van der Waals surface area contributed by atoms with Gasteiger partial charge in [-0.3, -0.25) is 19.3 Å². The number of amides is 2. The van der Waals surface area contributed by atoms with Gasteiger partial charge in [-0.1, -0.05) is 17.3 Å². The van der Waals surface area contributed by atoms with Crippen molar-refractivity contribution in [2.24, 2.45) is 11.1 Å². The van der Waals surface area contributed by atoms with E-state index in [1.54, 1.807) is 24.3 Å². The van der Waals surface area contributed by atoms with Gasteiger partial charge in [0.1, 0.15) is 11.3 Å². The fourth-order valence-corrected chi connectivity index (χ4v) is 6.01. The van der Waals surface area contributed by atoms with E-state index in [1.807, 2.05) is 0 Å². The lowest BCUT2D eigenvalue weighted by molar-refractivity contribution is -0.0488. The maximum absolute atomic E-state index is 15.8. The molecule has 2 unspecified atom stereocenters. The van der Waals surface area contributed by atoms with Gasteiger partial charge < -0.3 is 24.1 Å². The van der Waals surface area contributed by atoms with E-state index in [4.69, 9.17) is 9.57 Å². The summed E-state index contributed by atoms with van der Waals surface area (Å²) in [6.07, 6.45) is 1.66. The van der Waals surface area contributed by atoms with Crippen LogP contribution < -0.4 is 15.1 Å². The monoisotopic (exact) mass is 582 g/mol. The minimum absolute atomic E-state index is 0.00266. The Kier molecular flexibility index (Phi) is 5.78. The Morgan fingerprint density at radius 1 is 1.12 bits per heavy atom. The molecule has 14 heteroatoms. The van der Waals surface area contributed by atoms with E-state index in [0.717, 1.165) is 17.2 Å². The van der Waals surface area contributed by atoms with Crippen LogP contribution in [0.2, 0.25) is 0 Å². The first-order valence-electron chi connectivity index (χ1n) is 13.2. The minimum Gasteiger partial charge on any atom is -0.477 e. The van der Waals surface area contributed by atoms with Gasteiger partial charge in [0.05, 0.1) is 46.7 Å². The molecule has 4 aliphatic rings. The highest BCUT2D eigenvalue weighted by atomic mass is 19.3. The van der Waals surface area contributed by atoms with Crippen LogP contribution in [0.3, 0.4) is 0 Å². The first-order chi connectivity index (χ1) is 20.1. The summed E-state index contributed by atoms with van der Waals surface area (Å²) in [5.41, 5.74) is -1.19. The molecule has 2 fully saturated rings. The normalized spacial score (nSPS) is 21.2. The molecule has 4 heterocycles. The number of carboxylic acid groups (broad SMARTS) is 1. The van der Waals surface area contributed by atoms with Crippen LogP contribution in [0.4, 0.5) is 18.9 Å². The molecule has 7 rings (SSSR count). The van der Waals surface area contributed by atoms with Crippen molar-refractivity contribution in [3.8, 4) is 5.75 Å². The highest BCUT2D eigenvalue weighted by Gasteiger charge is 2.47. The predicted octanol–water partition coefficient (Wildman–Crippen LogP) is 3.26. The predicted molar refractivity (Wildman–Crippen MR) is 140 cm³/mol. The molecule has 1 saturated heterocycles. The first-order valence-corrected chi connectivity index (χ1v) is 13.2. The van der Waals surface area contributed by atoms with E-state index in [1.165, 1.54) is 9.47 Å². The Morgan fingerprint density at radius 2 is 1.81 bits per heavy atom. The quantitative estimate of drug-likeness (QED) is 0.420. The summed E-state index contributed by atoms with van der Waals surface area (Å²) in [6.45, 7) is -3.51. The molecule has 11 nitrogen and oxygen atoms in total. The van der Waals surface area contributed by atoms with Gasteiger partial charge in [0.2, 0.25) is 5.43 Å². The number of hydrogen-bond acceptors (Lipinski definition) is 8. The molecule has 216 valence electrons. The maximum atomic E-state index is 15.8. The Balaban J connectivity index is 1.25. The second-order valence-electron chi connectivity index (χ2n) is 10.6. The van der Waals surface area contributed by atoms with Crippen LogP contribution in [-0.2, 0) is 4.84 Å². The SMILES string of the molecule is O=C(O)c1cn(C2CC2)c2c(OC(F)F)c(N3CC4ON=C(CN5C(=O)c6ccccc6C5=O)C4C3)c(F)cc2c1=O. The van der Waals surface area contributed by atoms with Gasteiger partial charge in [-0.05, 0) is 31.0 Å². The topological polar surface area (TPSA) is 131 Å². The second kappa shape index (κ2) is 9.33. The van der Waals surface area contributed by atoms with Crippen molar-refractivity contribution in [1.82, 2.24) is 9.47 Å². The number of aromatic carboxylic acids is 1. The molecule has 1 N–H and O–H groups in total. The maximum Gasteiger partial charge on any atom is 0.387 e. The zero-order valence-electron chi connectivity index (χ0n) is 21.6. The lowest BCUT2D eigenvalue weighted by Gasteiger charge is -2.25. The Morgan fingerprint density at radius 3 is 2.43 bits per heavy atom. The van der Waals surface area contributed by atoms with Crippen LogP contribution in [0, 0.1) is 11.7 Å². The molecule has 0 spiro atoms. The zero-order chi connectivity index (χ0) is 29.4. The molecule has 2 amide bonds. The van der Waals surface area contributed by atoms with Crippen molar-refractivity contribution in [3.63, 3.8) is 0 Å². The summed E-state index contributed by atoms with van der Waals surface area (Å²) in [7, 11) is 0. The number of pyridine rings is 1. The molecule has 1 aliphatic carbocycles. The van der Waals surface area contributed by atoms with Crippen molar-refractivity contribution < 1.29 is 42.2 Å². The standard InChI is InChI=1S/C28H21F3N4O7/c29-18-7-15-21(34(12-5-6-12)9-17(23(15)36)27(39)40)24(41-28(30)31)22(18)33-8-16-19(32-42-20(16)11-33)10-35-25(37)13-3-1-2-4-14(13)26(35)38/h1-4,7,9,12,16,20,28H,5-6,8,10-11H2,(H,39,40). The summed E-state index contributed by atoms with van der Waals surface area (Å²) >= 11 is 0. The summed E-state index contributed by atoms with van der Waals surface area (Å²) in [5.74, 6) is -4.64. The Bertz CT molecular complexity index is 1770. The Labute approximate surface area is 234 Å². The van der Waals surface area contributed by atoms with Gasteiger partial charge in [0, 0.05) is 18.8 Å². The van der Waals surface area contributed by atoms with Gasteiger partial charge >= 0.3 is 12.6 Å². The average Bonchev–Trinajstić information content (AvgIpc) is 3.54. The van der Waals surface area contributed by atoms with E-state index >= 15 is 4.39 Å². The van der Waals surface area contributed by atoms with Crippen molar-refractivity contribution in [1.29, 1.82) is 0 Å². The second-order valence-corrected chi connectivity index (χ2v) is 10.6. The lowest BCUT2D eigenvalue weighted by Crippen LogP contribution is -2.38. The number of hydrogen-bond donors (Lipinski definition) is 1. The summed E-state index contributed by atoms with van der Waals surface area (Å²) in [5, 5.41) is 13.2. The van der Waals surface area contributed by atoms with E-state index < -0.39 is 59.0 Å². The largest absolute Gasteiger partial charge is 0.477 e. The van der Waals surface area contributed by atoms with Gasteiger partial charge in [-0.2, -0.15) is 8.78 Å². The molecule has 2 atom stereocenters. The number of oxime groups is 1. The molecular formula is C28H21F3N4O7. The fourth-order valence-electron chi connectivity index (χ4n) is 6.01. The summed E-state index contributed by atoms with van der Waals surface area (Å²) < 4.78 is 49.5. The number of fused-ring (bicyclic) bond motifs is 3. The number of carbonyl (C=O) groups is 3. The van der Waals surface area contributed by atoms with Crippen LogP contribution >= 0.6 is 0 Å². The third-order valence-corrected chi connectivity index (χ3v) is 8.09. The van der Waals surface area contributed by atoms with Crippen LogP contribution in [0.1, 0.15) is 50.0 Å². The molecule has 0 bridgehead atoms. The number of rotatable bonds is 7. The molecular weight excluding hydrogens is 561 g/mol. The van der Waals surface area contributed by atoms with Crippen LogP contribution in [0.5, 0.6) is 5.75 Å². The van der Waals surface area contributed by atoms with Gasteiger partial charge in [0.15, 0.2) is 17.7 Å². The van der Waals surface area contributed by atoms with Gasteiger partial charge in [-0.15, -0.1) is 0 Å². The zero-order valence-corrected chi connectivity index (χ0v) is 21.6. The summed E-state index contributed by atoms with van der Waals surface area (Å²) in [6, 6.07) is 6.98. The van der Waals surface area contributed by atoms with Crippen LogP contribution in [-0.4, -0.2) is 70.4 Å². The molecule has 3 aromatic rings. The third-order valence-electron chi connectivity index (χ3n) is 8.09. The molecule has 1 saturated carbocycles. The van der Waals surface area contributed by atoms with E-state index in [0.29, 0.717) is 18.6 Å². The third kappa shape index (κ3) is 3.92. The molecule has 3 aliphatic heterocycles. The number of ether oxygens (including phenoxy) is 1. The number of anilines is 1. The molecule has 1 aromatic heterocycles. The molecule has 42 heavy (non-hydrogen) atoms. The number of benzene rings is 2. The van der Waals surface area contributed by atoms with Crippen molar-refractivity contribution in [2.75, 3.05) is 24.5 Å². The smallest absolute Gasteiger partial charge is 0.387 e. The Hall–Kier alpha value is -4.88. The van der Waals surface area contributed by atoms with Gasteiger partial charge in [0.25, 0.3) is 11.8 Å². The van der Waals surface area contributed by atoms with Crippen molar-refractivity contribution >= 4 is 40.1 Å². The molecule has 0 radical (unpaired) electrons. The number of nitrogens with zero attached hydrogens (tertiary/aromatic N) is 4. The van der Waals surface area contributed by atoms with Gasteiger partial charge in [-0.25, -0.2) is 9.18 Å². The number of imide groups is 1.